The Morgan fingerprint density at radius 2 is 2.28 bits per heavy atom. The van der Waals surface area contributed by atoms with Gasteiger partial charge in [-0.25, -0.2) is 4.39 Å². The Hall–Kier alpha value is -0.930. The van der Waals surface area contributed by atoms with Crippen molar-refractivity contribution in [3.05, 3.63) is 35.6 Å². The Balaban J connectivity index is 1.72. The maximum absolute atomic E-state index is 13.0. The highest BCUT2D eigenvalue weighted by Crippen LogP contribution is 2.16. The first-order valence-electron chi connectivity index (χ1n) is 6.85. The molecule has 1 unspecified atom stereocenters. The van der Waals surface area contributed by atoms with Crippen molar-refractivity contribution >= 4 is 0 Å². The van der Waals surface area contributed by atoms with Crippen LogP contribution in [0.25, 0.3) is 0 Å². The number of rotatable bonds is 5. The molecule has 1 fully saturated rings. The van der Waals surface area contributed by atoms with Crippen molar-refractivity contribution < 1.29 is 9.50 Å². The molecule has 3 heteroatoms. The summed E-state index contributed by atoms with van der Waals surface area (Å²) in [6.07, 6.45) is 4.32. The predicted octanol–water partition coefficient (Wildman–Crippen LogP) is 2.46. The number of halogens is 1. The summed E-state index contributed by atoms with van der Waals surface area (Å²) in [6, 6.07) is 6.86. The normalized spacial score (nSPS) is 21.1. The lowest BCUT2D eigenvalue weighted by Crippen LogP contribution is -2.37. The summed E-state index contributed by atoms with van der Waals surface area (Å²) in [5, 5.41) is 9.17. The second-order valence-corrected chi connectivity index (χ2v) is 5.22. The van der Waals surface area contributed by atoms with Crippen LogP contribution in [0, 0.1) is 11.7 Å². The van der Waals surface area contributed by atoms with Gasteiger partial charge in [0.15, 0.2) is 0 Å². The Bertz CT molecular complexity index is 369. The number of hydrogen-bond acceptors (Lipinski definition) is 2. The van der Waals surface area contributed by atoms with Gasteiger partial charge in [0.1, 0.15) is 5.82 Å². The first-order chi connectivity index (χ1) is 8.78. The van der Waals surface area contributed by atoms with Gasteiger partial charge in [-0.3, -0.25) is 0 Å². The molecule has 0 radical (unpaired) electrons. The molecule has 0 bridgehead atoms. The molecule has 1 saturated heterocycles. The van der Waals surface area contributed by atoms with E-state index in [1.807, 2.05) is 6.07 Å². The summed E-state index contributed by atoms with van der Waals surface area (Å²) in [4.78, 5) is 2.42. The number of aryl methyl sites for hydroxylation is 1. The van der Waals surface area contributed by atoms with Gasteiger partial charge in [0, 0.05) is 13.2 Å². The van der Waals surface area contributed by atoms with E-state index < -0.39 is 0 Å². The topological polar surface area (TPSA) is 23.5 Å². The molecule has 2 rings (SSSR count). The summed E-state index contributed by atoms with van der Waals surface area (Å²) in [5.74, 6) is 0.304. The molecule has 100 valence electrons. The summed E-state index contributed by atoms with van der Waals surface area (Å²) in [7, 11) is 0. The fourth-order valence-electron chi connectivity index (χ4n) is 2.70. The first-order valence-corrected chi connectivity index (χ1v) is 6.85. The number of nitrogens with zero attached hydrogens (tertiary/aromatic N) is 1. The molecule has 0 spiro atoms. The Morgan fingerprint density at radius 1 is 1.39 bits per heavy atom. The van der Waals surface area contributed by atoms with Crippen molar-refractivity contribution in [3.63, 3.8) is 0 Å². The van der Waals surface area contributed by atoms with Gasteiger partial charge in [0.2, 0.25) is 0 Å². The maximum atomic E-state index is 13.0. The van der Waals surface area contributed by atoms with E-state index in [1.165, 1.54) is 12.5 Å². The average Bonchev–Trinajstić information content (AvgIpc) is 2.39. The number of benzene rings is 1. The van der Waals surface area contributed by atoms with Gasteiger partial charge in [0.05, 0.1) is 0 Å². The third kappa shape index (κ3) is 4.07. The zero-order chi connectivity index (χ0) is 12.8. The number of hydrogen-bond donors (Lipinski definition) is 1. The van der Waals surface area contributed by atoms with Gasteiger partial charge in [-0.15, -0.1) is 0 Å². The molecule has 2 nitrogen and oxygen atoms in total. The summed E-state index contributed by atoms with van der Waals surface area (Å²) in [5.41, 5.74) is 1.07. The van der Waals surface area contributed by atoms with Crippen LogP contribution in [-0.4, -0.2) is 36.2 Å². The monoisotopic (exact) mass is 251 g/mol. The van der Waals surface area contributed by atoms with Crippen molar-refractivity contribution in [1.82, 2.24) is 4.90 Å². The van der Waals surface area contributed by atoms with E-state index in [2.05, 4.69) is 4.90 Å². The fraction of sp³-hybridized carbons (Fsp3) is 0.600. The maximum Gasteiger partial charge on any atom is 0.123 e. The highest BCUT2D eigenvalue weighted by atomic mass is 19.1. The van der Waals surface area contributed by atoms with Crippen LogP contribution >= 0.6 is 0 Å². The van der Waals surface area contributed by atoms with Crippen LogP contribution in [0.5, 0.6) is 0 Å². The standard InChI is InChI=1S/C15H22FNO/c16-15-7-1-4-13(10-15)5-2-8-17-9-3-6-14(11-17)12-18/h1,4,7,10,14,18H,2-3,5-6,8-9,11-12H2. The Morgan fingerprint density at radius 3 is 3.06 bits per heavy atom. The van der Waals surface area contributed by atoms with Crippen LogP contribution in [0.4, 0.5) is 4.39 Å². The second-order valence-electron chi connectivity index (χ2n) is 5.22. The van der Waals surface area contributed by atoms with Crippen LogP contribution in [0.1, 0.15) is 24.8 Å². The molecule has 1 heterocycles. The van der Waals surface area contributed by atoms with Gasteiger partial charge >= 0.3 is 0 Å². The van der Waals surface area contributed by atoms with Crippen LogP contribution < -0.4 is 0 Å². The molecule has 1 N–H and O–H groups in total. The summed E-state index contributed by atoms with van der Waals surface area (Å²) >= 11 is 0. The van der Waals surface area contributed by atoms with E-state index in [0.717, 1.165) is 44.5 Å². The fourth-order valence-corrected chi connectivity index (χ4v) is 2.70. The van der Waals surface area contributed by atoms with E-state index in [-0.39, 0.29) is 5.82 Å². The molecule has 1 aromatic carbocycles. The van der Waals surface area contributed by atoms with E-state index in [4.69, 9.17) is 0 Å². The smallest absolute Gasteiger partial charge is 0.123 e. The molecule has 1 aliphatic rings. The van der Waals surface area contributed by atoms with Gasteiger partial charge in [-0.05, 0) is 62.4 Å². The van der Waals surface area contributed by atoms with Crippen LogP contribution in [0.2, 0.25) is 0 Å². The largest absolute Gasteiger partial charge is 0.396 e. The van der Waals surface area contributed by atoms with Gasteiger partial charge in [0.25, 0.3) is 0 Å². The van der Waals surface area contributed by atoms with Gasteiger partial charge in [-0.2, -0.15) is 0 Å². The third-order valence-corrected chi connectivity index (χ3v) is 3.69. The van der Waals surface area contributed by atoms with Crippen LogP contribution in [0.3, 0.4) is 0 Å². The average molecular weight is 251 g/mol. The molecule has 1 atom stereocenters. The van der Waals surface area contributed by atoms with Crippen molar-refractivity contribution in [2.75, 3.05) is 26.2 Å². The molecule has 0 aromatic heterocycles. The minimum Gasteiger partial charge on any atom is -0.396 e. The van der Waals surface area contributed by atoms with Crippen molar-refractivity contribution in [2.24, 2.45) is 5.92 Å². The van der Waals surface area contributed by atoms with E-state index in [1.54, 1.807) is 12.1 Å². The molecule has 18 heavy (non-hydrogen) atoms. The number of aliphatic hydroxyl groups is 1. The van der Waals surface area contributed by atoms with Gasteiger partial charge in [-0.1, -0.05) is 12.1 Å². The lowest BCUT2D eigenvalue weighted by molar-refractivity contribution is 0.120. The first kappa shape index (κ1) is 13.5. The van der Waals surface area contributed by atoms with Crippen LogP contribution in [0.15, 0.2) is 24.3 Å². The highest BCUT2D eigenvalue weighted by Gasteiger charge is 2.18. The zero-order valence-electron chi connectivity index (χ0n) is 10.8. The SMILES string of the molecule is OCC1CCCN(CCCc2cccc(F)c2)C1. The molecule has 0 aliphatic carbocycles. The van der Waals surface area contributed by atoms with Crippen molar-refractivity contribution in [3.8, 4) is 0 Å². The molecule has 1 aromatic rings. The molecule has 1 aliphatic heterocycles. The number of piperidine rings is 1. The Kier molecular flexibility index (Phi) is 5.14. The quantitative estimate of drug-likeness (QED) is 0.869. The number of aliphatic hydroxyl groups excluding tert-OH is 1. The molecule has 0 amide bonds. The molecule has 0 saturated carbocycles. The lowest BCUT2D eigenvalue weighted by Gasteiger charge is -2.31. The minimum absolute atomic E-state index is 0.147. The highest BCUT2D eigenvalue weighted by molar-refractivity contribution is 5.16. The minimum atomic E-state index is -0.147. The van der Waals surface area contributed by atoms with E-state index in [0.29, 0.717) is 12.5 Å². The van der Waals surface area contributed by atoms with Gasteiger partial charge < -0.3 is 10.0 Å². The zero-order valence-corrected chi connectivity index (χ0v) is 10.8. The summed E-state index contributed by atoms with van der Waals surface area (Å²) < 4.78 is 13.0. The summed E-state index contributed by atoms with van der Waals surface area (Å²) in [6.45, 7) is 3.51. The predicted molar refractivity (Wildman–Crippen MR) is 71.0 cm³/mol. The van der Waals surface area contributed by atoms with Crippen molar-refractivity contribution in [1.29, 1.82) is 0 Å². The Labute approximate surface area is 108 Å². The van der Waals surface area contributed by atoms with Crippen molar-refractivity contribution in [2.45, 2.75) is 25.7 Å². The number of likely N-dealkylation sites (tertiary alicyclic amines) is 1. The van der Waals surface area contributed by atoms with E-state index >= 15 is 0 Å². The van der Waals surface area contributed by atoms with E-state index in [9.17, 15) is 9.50 Å². The third-order valence-electron chi connectivity index (χ3n) is 3.69. The second kappa shape index (κ2) is 6.86. The molecular formula is C15H22FNO. The lowest BCUT2D eigenvalue weighted by atomic mass is 9.98. The molecular weight excluding hydrogens is 229 g/mol. The van der Waals surface area contributed by atoms with Crippen LogP contribution in [-0.2, 0) is 6.42 Å².